The van der Waals surface area contributed by atoms with E-state index >= 15 is 0 Å². The molecule has 1 aromatic carbocycles. The maximum atomic E-state index is 14.8. The lowest BCUT2D eigenvalue weighted by molar-refractivity contribution is 0.0253. The highest BCUT2D eigenvalue weighted by Crippen LogP contribution is 2.32. The van der Waals surface area contributed by atoms with E-state index in [1.807, 2.05) is 0 Å². The van der Waals surface area contributed by atoms with Crippen LogP contribution in [0.2, 0.25) is 0 Å². The molecule has 3 aromatic rings. The number of benzene rings is 1. The Kier molecular flexibility index (Phi) is 6.11. The van der Waals surface area contributed by atoms with E-state index in [4.69, 9.17) is 16.2 Å². The van der Waals surface area contributed by atoms with Crippen LogP contribution in [-0.2, 0) is 12.5 Å². The van der Waals surface area contributed by atoms with Gasteiger partial charge in [-0.1, -0.05) is 0 Å². The number of allylic oxidation sites excluding steroid dienone is 3. The van der Waals surface area contributed by atoms with E-state index in [1.165, 1.54) is 31.5 Å². The van der Waals surface area contributed by atoms with E-state index in [-0.39, 0.29) is 23.8 Å². The smallest absolute Gasteiger partial charge is 0.346 e. The van der Waals surface area contributed by atoms with Crippen molar-refractivity contribution in [2.75, 3.05) is 7.11 Å². The number of nitrogens with two attached hydrogens (primary N) is 2. The molecule has 2 heterocycles. The number of nitrogens with zero attached hydrogens (tertiary/aromatic N) is 3. The summed E-state index contributed by atoms with van der Waals surface area (Å²) < 4.78 is 36.6. The lowest BCUT2D eigenvalue weighted by atomic mass is 10.2. The van der Waals surface area contributed by atoms with Gasteiger partial charge < -0.3 is 26.6 Å². The summed E-state index contributed by atoms with van der Waals surface area (Å²) in [5.41, 5.74) is 11.7. The molecule has 0 saturated carbocycles. The Balaban J connectivity index is 1.76. The minimum Gasteiger partial charge on any atom is -0.508 e. The topological polar surface area (TPSA) is 124 Å². The highest BCUT2D eigenvalue weighted by atomic mass is 79.9. The van der Waals surface area contributed by atoms with E-state index in [0.29, 0.717) is 10.2 Å². The van der Waals surface area contributed by atoms with Crippen LogP contribution in [0.4, 0.5) is 8.78 Å². The number of aromatic nitrogens is 3. The lowest BCUT2D eigenvalue weighted by Crippen LogP contribution is -2.26. The fraction of sp³-hybridized carbons (Fsp3) is 0.158. The summed E-state index contributed by atoms with van der Waals surface area (Å²) in [5, 5.41) is 19.7. The second-order valence-electron chi connectivity index (χ2n) is 6.27. The number of pyridine rings is 1. The SMILES string of the molecule is COc1cc(O)ccc1CN/C(N)=C/C=C(\N)C(F)(F)c1nnc2ccc(Br)cn12. The van der Waals surface area contributed by atoms with Crippen LogP contribution >= 0.6 is 15.9 Å². The molecule has 0 radical (unpaired) electrons. The first kappa shape index (κ1) is 21.4. The molecule has 3 rings (SSSR count). The molecule has 0 aliphatic heterocycles. The number of phenols is 1. The number of rotatable bonds is 7. The molecular weight excluding hydrogens is 462 g/mol. The van der Waals surface area contributed by atoms with Gasteiger partial charge in [0.15, 0.2) is 5.65 Å². The van der Waals surface area contributed by atoms with Gasteiger partial charge in [0.1, 0.15) is 11.5 Å². The van der Waals surface area contributed by atoms with Gasteiger partial charge in [-0.3, -0.25) is 4.40 Å². The lowest BCUT2D eigenvalue weighted by Gasteiger charge is -2.15. The van der Waals surface area contributed by atoms with Crippen molar-refractivity contribution in [2.45, 2.75) is 12.5 Å². The van der Waals surface area contributed by atoms with Gasteiger partial charge in [-0.2, -0.15) is 8.78 Å². The third-order valence-electron chi connectivity index (χ3n) is 4.21. The van der Waals surface area contributed by atoms with Crippen LogP contribution in [0.15, 0.2) is 64.7 Å². The third kappa shape index (κ3) is 4.46. The Bertz CT molecular complexity index is 1130. The molecule has 0 saturated heterocycles. The first-order chi connectivity index (χ1) is 14.2. The Morgan fingerprint density at radius 3 is 2.77 bits per heavy atom. The van der Waals surface area contributed by atoms with Crippen molar-refractivity contribution < 1.29 is 18.6 Å². The average molecular weight is 481 g/mol. The number of methoxy groups -OCH3 is 1. The fourth-order valence-electron chi connectivity index (χ4n) is 2.63. The summed E-state index contributed by atoms with van der Waals surface area (Å²) in [7, 11) is 1.47. The molecule has 0 atom stereocenters. The van der Waals surface area contributed by atoms with Crippen molar-refractivity contribution in [3.05, 3.63) is 76.1 Å². The van der Waals surface area contributed by atoms with E-state index < -0.39 is 17.4 Å². The first-order valence-electron chi connectivity index (χ1n) is 8.64. The maximum absolute atomic E-state index is 14.8. The summed E-state index contributed by atoms with van der Waals surface area (Å²) >= 11 is 3.23. The monoisotopic (exact) mass is 480 g/mol. The molecular formula is C19H19BrF2N6O2. The van der Waals surface area contributed by atoms with Gasteiger partial charge in [-0.05, 0) is 52.3 Å². The second kappa shape index (κ2) is 8.57. The Morgan fingerprint density at radius 2 is 2.03 bits per heavy atom. The van der Waals surface area contributed by atoms with E-state index in [9.17, 15) is 13.9 Å². The molecule has 0 aliphatic carbocycles. The zero-order valence-corrected chi connectivity index (χ0v) is 17.4. The number of phenolic OH excluding ortho intramolecular Hbond substituents is 1. The number of aromatic hydroxyl groups is 1. The predicted octanol–water partition coefficient (Wildman–Crippen LogP) is 2.73. The minimum absolute atomic E-state index is 0.0603. The van der Waals surface area contributed by atoms with Gasteiger partial charge >= 0.3 is 5.92 Å². The van der Waals surface area contributed by atoms with Crippen LogP contribution in [0, 0.1) is 0 Å². The van der Waals surface area contributed by atoms with Gasteiger partial charge in [0.2, 0.25) is 5.82 Å². The van der Waals surface area contributed by atoms with Crippen molar-refractivity contribution in [3.8, 4) is 11.5 Å². The number of halogens is 3. The zero-order chi connectivity index (χ0) is 21.9. The van der Waals surface area contributed by atoms with Gasteiger partial charge in [-0.25, -0.2) is 0 Å². The molecule has 158 valence electrons. The number of fused-ring (bicyclic) bond motifs is 1. The molecule has 11 heteroatoms. The molecule has 30 heavy (non-hydrogen) atoms. The van der Waals surface area contributed by atoms with Gasteiger partial charge in [-0.15, -0.1) is 10.2 Å². The van der Waals surface area contributed by atoms with Crippen LogP contribution < -0.4 is 21.5 Å². The van der Waals surface area contributed by atoms with Crippen molar-refractivity contribution in [2.24, 2.45) is 11.5 Å². The number of hydrogen-bond acceptors (Lipinski definition) is 7. The fourth-order valence-corrected chi connectivity index (χ4v) is 2.96. The molecule has 8 nitrogen and oxygen atoms in total. The van der Waals surface area contributed by atoms with Crippen LogP contribution in [0.1, 0.15) is 11.4 Å². The molecule has 0 bridgehead atoms. The average Bonchev–Trinajstić information content (AvgIpc) is 3.14. The number of ether oxygens (including phenoxy) is 1. The van der Waals surface area contributed by atoms with Crippen molar-refractivity contribution >= 4 is 21.6 Å². The van der Waals surface area contributed by atoms with Crippen LogP contribution in [0.5, 0.6) is 11.5 Å². The summed E-state index contributed by atoms with van der Waals surface area (Å²) in [6.07, 6.45) is 3.67. The Morgan fingerprint density at radius 1 is 1.27 bits per heavy atom. The maximum Gasteiger partial charge on any atom is 0.346 e. The Labute approximate surface area is 179 Å². The quantitative estimate of drug-likeness (QED) is 0.383. The summed E-state index contributed by atoms with van der Waals surface area (Å²) in [6, 6.07) is 7.83. The van der Waals surface area contributed by atoms with Crippen LogP contribution in [0.3, 0.4) is 0 Å². The van der Waals surface area contributed by atoms with Crippen molar-refractivity contribution in [1.82, 2.24) is 19.9 Å². The standard InChI is InChI=1S/C19H19BrF2N6O2/c1-30-14-8-13(29)4-2-11(14)9-25-16(24)6-5-15(23)19(21,22)18-27-26-17-7-3-12(20)10-28(17)18/h2-8,10,25,29H,9,23-24H2,1H3/b15-5-,16-6+. The molecule has 2 aromatic heterocycles. The highest BCUT2D eigenvalue weighted by Gasteiger charge is 2.40. The number of alkyl halides is 2. The summed E-state index contributed by atoms with van der Waals surface area (Å²) in [4.78, 5) is 0. The first-order valence-corrected chi connectivity index (χ1v) is 9.43. The number of hydrogen-bond donors (Lipinski definition) is 4. The van der Waals surface area contributed by atoms with Crippen molar-refractivity contribution in [3.63, 3.8) is 0 Å². The molecule has 0 unspecified atom stereocenters. The van der Waals surface area contributed by atoms with E-state index in [0.717, 1.165) is 16.0 Å². The molecule has 0 amide bonds. The van der Waals surface area contributed by atoms with E-state index in [1.54, 1.807) is 18.2 Å². The largest absolute Gasteiger partial charge is 0.508 e. The Hall–Kier alpha value is -3.34. The van der Waals surface area contributed by atoms with Gasteiger partial charge in [0.05, 0.1) is 18.6 Å². The normalized spacial score (nSPS) is 12.9. The molecule has 0 fully saturated rings. The molecule has 0 spiro atoms. The van der Waals surface area contributed by atoms with Gasteiger partial charge in [0, 0.05) is 28.8 Å². The molecule has 0 aliphatic rings. The summed E-state index contributed by atoms with van der Waals surface area (Å²) in [5.74, 6) is -3.55. The van der Waals surface area contributed by atoms with Crippen LogP contribution in [-0.4, -0.2) is 26.8 Å². The van der Waals surface area contributed by atoms with Gasteiger partial charge in [0.25, 0.3) is 0 Å². The summed E-state index contributed by atoms with van der Waals surface area (Å²) in [6.45, 7) is 0.249. The zero-order valence-electron chi connectivity index (χ0n) is 15.8. The second-order valence-corrected chi connectivity index (χ2v) is 7.18. The predicted molar refractivity (Wildman–Crippen MR) is 111 cm³/mol. The number of nitrogens with one attached hydrogen (secondary N) is 1. The molecule has 6 N–H and O–H groups in total. The van der Waals surface area contributed by atoms with Crippen molar-refractivity contribution in [1.29, 1.82) is 0 Å². The van der Waals surface area contributed by atoms with E-state index in [2.05, 4.69) is 31.4 Å². The third-order valence-corrected chi connectivity index (χ3v) is 4.67. The van der Waals surface area contributed by atoms with Crippen LogP contribution in [0.25, 0.3) is 5.65 Å². The highest BCUT2D eigenvalue weighted by molar-refractivity contribution is 9.10. The minimum atomic E-state index is -3.57.